The third-order valence-corrected chi connectivity index (χ3v) is 2.36. The number of aromatic nitrogens is 1. The number of nitrogens with two attached hydrogens (primary N) is 1. The van der Waals surface area contributed by atoms with Crippen LogP contribution in [0.3, 0.4) is 0 Å². The second-order valence-corrected chi connectivity index (χ2v) is 5.49. The predicted molar refractivity (Wildman–Crippen MR) is 53.9 cm³/mol. The Morgan fingerprint density at radius 2 is 2.23 bits per heavy atom. The van der Waals surface area contributed by atoms with Gasteiger partial charge in [0.05, 0.1) is 5.75 Å². The quantitative estimate of drug-likeness (QED) is 0.749. The van der Waals surface area contributed by atoms with E-state index in [0.717, 1.165) is 11.3 Å². The van der Waals surface area contributed by atoms with E-state index in [1.807, 2.05) is 6.92 Å². The highest BCUT2D eigenvalue weighted by atomic mass is 32.2. The van der Waals surface area contributed by atoms with Gasteiger partial charge in [-0.25, -0.2) is 9.19 Å². The van der Waals surface area contributed by atoms with Crippen molar-refractivity contribution >= 4 is 15.5 Å². The van der Waals surface area contributed by atoms with Crippen molar-refractivity contribution in [2.75, 3.05) is 12.0 Å². The third-order valence-electron chi connectivity index (χ3n) is 1.48. The molecular formula is C8H13N3OS. The molecule has 0 radical (unpaired) electrons. The first-order valence-electron chi connectivity index (χ1n) is 3.81. The van der Waals surface area contributed by atoms with Crippen LogP contribution in [0.2, 0.25) is 0 Å². The second-order valence-electron chi connectivity index (χ2n) is 3.19. The molecule has 3 N–H and O–H groups in total. The van der Waals surface area contributed by atoms with Crippen LogP contribution < -0.4 is 5.73 Å². The lowest BCUT2D eigenvalue weighted by molar-refractivity contribution is 0.678. The monoisotopic (exact) mass is 199 g/mol. The molecule has 5 heteroatoms. The summed E-state index contributed by atoms with van der Waals surface area (Å²) in [6.45, 7) is 1.82. The Morgan fingerprint density at radius 1 is 1.62 bits per heavy atom. The van der Waals surface area contributed by atoms with E-state index in [9.17, 15) is 4.21 Å². The van der Waals surface area contributed by atoms with E-state index in [-0.39, 0.29) is 5.75 Å². The van der Waals surface area contributed by atoms with Gasteiger partial charge in [0.1, 0.15) is 5.82 Å². The fraction of sp³-hybridized carbons (Fsp3) is 0.375. The van der Waals surface area contributed by atoms with Gasteiger partial charge in [-0.1, -0.05) is 0 Å². The number of nitrogens with zero attached hydrogens (tertiary/aromatic N) is 1. The molecular weight excluding hydrogens is 186 g/mol. The zero-order chi connectivity index (χ0) is 10.1. The number of pyridine rings is 1. The maximum Gasteiger partial charge on any atom is 0.123 e. The first kappa shape index (κ1) is 9.98. The van der Waals surface area contributed by atoms with E-state index in [1.54, 1.807) is 12.1 Å². The van der Waals surface area contributed by atoms with Crippen LogP contribution >= 0.6 is 0 Å². The molecule has 0 amide bonds. The van der Waals surface area contributed by atoms with E-state index in [4.69, 9.17) is 10.5 Å². The smallest absolute Gasteiger partial charge is 0.123 e. The lowest BCUT2D eigenvalue weighted by atomic mass is 10.2. The first-order valence-corrected chi connectivity index (χ1v) is 5.95. The molecule has 0 aromatic carbocycles. The Labute approximate surface area is 78.2 Å². The van der Waals surface area contributed by atoms with Crippen molar-refractivity contribution in [3.8, 4) is 0 Å². The van der Waals surface area contributed by atoms with Crippen LogP contribution in [0.25, 0.3) is 0 Å². The average Bonchev–Trinajstić information content (AvgIpc) is 1.78. The lowest BCUT2D eigenvalue weighted by Gasteiger charge is -2.03. The Bertz CT molecular complexity index is 391. The Kier molecular flexibility index (Phi) is 2.56. The molecule has 0 spiro atoms. The highest BCUT2D eigenvalue weighted by Crippen LogP contribution is 2.10. The molecule has 72 valence electrons. The summed E-state index contributed by atoms with van der Waals surface area (Å²) in [7, 11) is -2.49. The molecule has 1 rings (SSSR count). The van der Waals surface area contributed by atoms with Gasteiger partial charge in [-0.2, -0.15) is 0 Å². The molecule has 0 saturated heterocycles. The summed E-state index contributed by atoms with van der Waals surface area (Å²) in [5.41, 5.74) is 7.12. The molecule has 1 unspecified atom stereocenters. The van der Waals surface area contributed by atoms with Crippen molar-refractivity contribution in [1.82, 2.24) is 4.98 Å². The van der Waals surface area contributed by atoms with Crippen LogP contribution in [0, 0.1) is 11.7 Å². The van der Waals surface area contributed by atoms with Gasteiger partial charge in [0.25, 0.3) is 0 Å². The molecule has 13 heavy (non-hydrogen) atoms. The molecule has 0 aliphatic heterocycles. The molecule has 4 nitrogen and oxygen atoms in total. The van der Waals surface area contributed by atoms with Crippen molar-refractivity contribution in [2.45, 2.75) is 12.7 Å². The lowest BCUT2D eigenvalue weighted by Crippen LogP contribution is -2.01. The second kappa shape index (κ2) is 3.33. The minimum atomic E-state index is -2.49. The number of hydrogen-bond donors (Lipinski definition) is 2. The zero-order valence-corrected chi connectivity index (χ0v) is 8.52. The van der Waals surface area contributed by atoms with Gasteiger partial charge >= 0.3 is 0 Å². The van der Waals surface area contributed by atoms with Gasteiger partial charge in [0.2, 0.25) is 0 Å². The van der Waals surface area contributed by atoms with Gasteiger partial charge in [-0.3, -0.25) is 4.78 Å². The minimum Gasteiger partial charge on any atom is -0.384 e. The maximum atomic E-state index is 11.2. The fourth-order valence-electron chi connectivity index (χ4n) is 1.17. The van der Waals surface area contributed by atoms with E-state index in [2.05, 4.69) is 4.98 Å². The normalized spacial score (nSPS) is 15.2. The Balaban J connectivity index is 3.03. The molecule has 0 bridgehead atoms. The van der Waals surface area contributed by atoms with E-state index < -0.39 is 9.73 Å². The van der Waals surface area contributed by atoms with Crippen LogP contribution in [0.4, 0.5) is 5.82 Å². The van der Waals surface area contributed by atoms with Crippen LogP contribution in [0.15, 0.2) is 12.1 Å². The standard InChI is InChI=1S/C8H13N3OS/c1-6-3-7(4-8(9)11-6)5-13(2,10)12/h3-4,10H,5H2,1-2H3,(H2,9,11). The summed E-state index contributed by atoms with van der Waals surface area (Å²) in [4.78, 5) is 3.99. The van der Waals surface area contributed by atoms with Crippen LogP contribution in [0.5, 0.6) is 0 Å². The summed E-state index contributed by atoms with van der Waals surface area (Å²) in [5, 5.41) is 0. The first-order chi connectivity index (χ1) is 5.87. The largest absolute Gasteiger partial charge is 0.384 e. The predicted octanol–water partition coefficient (Wildman–Crippen LogP) is 1.15. The zero-order valence-electron chi connectivity index (χ0n) is 7.70. The van der Waals surface area contributed by atoms with Gasteiger partial charge in [-0.05, 0) is 24.6 Å². The topological polar surface area (TPSA) is 79.8 Å². The number of aryl methyl sites for hydroxylation is 1. The summed E-state index contributed by atoms with van der Waals surface area (Å²) in [5.74, 6) is 0.652. The van der Waals surface area contributed by atoms with E-state index in [0.29, 0.717) is 5.82 Å². The van der Waals surface area contributed by atoms with Crippen LogP contribution in [-0.2, 0) is 15.5 Å². The molecule has 1 aromatic heterocycles. The molecule has 0 aliphatic rings. The van der Waals surface area contributed by atoms with Crippen LogP contribution in [-0.4, -0.2) is 15.4 Å². The van der Waals surface area contributed by atoms with Gasteiger partial charge < -0.3 is 5.73 Å². The van der Waals surface area contributed by atoms with E-state index >= 15 is 0 Å². The molecule has 1 atom stereocenters. The van der Waals surface area contributed by atoms with Crippen molar-refractivity contribution in [2.24, 2.45) is 0 Å². The number of anilines is 1. The Morgan fingerprint density at radius 3 is 2.69 bits per heavy atom. The van der Waals surface area contributed by atoms with Gasteiger partial charge in [-0.15, -0.1) is 0 Å². The third kappa shape index (κ3) is 3.42. The highest BCUT2D eigenvalue weighted by Gasteiger charge is 2.02. The molecule has 1 aromatic rings. The number of rotatable bonds is 2. The maximum absolute atomic E-state index is 11.2. The average molecular weight is 199 g/mol. The number of hydrogen-bond acceptors (Lipinski definition) is 4. The molecule has 0 fully saturated rings. The van der Waals surface area contributed by atoms with Crippen molar-refractivity contribution in [1.29, 1.82) is 4.78 Å². The minimum absolute atomic E-state index is 0.237. The van der Waals surface area contributed by atoms with Crippen molar-refractivity contribution in [3.05, 3.63) is 23.4 Å². The van der Waals surface area contributed by atoms with Crippen molar-refractivity contribution in [3.63, 3.8) is 0 Å². The highest BCUT2D eigenvalue weighted by molar-refractivity contribution is 7.90. The summed E-state index contributed by atoms with van der Waals surface area (Å²) in [6, 6.07) is 3.46. The van der Waals surface area contributed by atoms with Crippen LogP contribution in [0.1, 0.15) is 11.3 Å². The molecule has 1 heterocycles. The SMILES string of the molecule is Cc1cc(CS(C)(=N)=O)cc(N)n1. The molecule has 0 aliphatic carbocycles. The summed E-state index contributed by atoms with van der Waals surface area (Å²) >= 11 is 0. The molecule has 0 saturated carbocycles. The number of nitrogens with one attached hydrogen (secondary N) is 1. The van der Waals surface area contributed by atoms with E-state index in [1.165, 1.54) is 6.26 Å². The van der Waals surface area contributed by atoms with Gasteiger partial charge in [0.15, 0.2) is 0 Å². The van der Waals surface area contributed by atoms with Crippen molar-refractivity contribution < 1.29 is 4.21 Å². The fourth-order valence-corrected chi connectivity index (χ4v) is 1.97. The van der Waals surface area contributed by atoms with Gasteiger partial charge in [0, 0.05) is 21.7 Å². The number of nitrogen functional groups attached to an aromatic ring is 1. The summed E-state index contributed by atoms with van der Waals surface area (Å²) in [6.07, 6.45) is 1.42. The summed E-state index contributed by atoms with van der Waals surface area (Å²) < 4.78 is 18.5. The Hall–Kier alpha value is -1.10.